The number of fused-ring (bicyclic) bond motifs is 1. The van der Waals surface area contributed by atoms with Gasteiger partial charge in [-0.25, -0.2) is 9.59 Å². The second-order valence-corrected chi connectivity index (χ2v) is 13.2. The fraction of sp³-hybridized carbons (Fsp3) is 0.186. The quantitative estimate of drug-likeness (QED) is 0.0641. The summed E-state index contributed by atoms with van der Waals surface area (Å²) in [7, 11) is 0. The van der Waals surface area contributed by atoms with Crippen molar-refractivity contribution in [2.24, 2.45) is 0 Å². The molecule has 1 aliphatic heterocycles. The number of ether oxygens (including phenoxy) is 6. The Labute approximate surface area is 339 Å². The first-order chi connectivity index (χ1) is 28.6. The number of phenolic OH excluding ortho intramolecular Hbond substituents is 5. The van der Waals surface area contributed by atoms with Gasteiger partial charge < -0.3 is 58.4 Å². The molecule has 4 aromatic carbocycles. The van der Waals surface area contributed by atoms with Gasteiger partial charge in [-0.1, -0.05) is 24.3 Å². The van der Waals surface area contributed by atoms with Gasteiger partial charge in [0.2, 0.25) is 23.6 Å². The molecule has 5 N–H and O–H groups in total. The number of carbonyl (C=O) groups is 4. The van der Waals surface area contributed by atoms with Crippen molar-refractivity contribution >= 4 is 47.0 Å². The van der Waals surface area contributed by atoms with E-state index in [4.69, 9.17) is 32.8 Å². The molecular weight excluding hydrogens is 788 g/mol. The second kappa shape index (κ2) is 18.2. The molecule has 310 valence electrons. The van der Waals surface area contributed by atoms with Crippen LogP contribution in [-0.2, 0) is 42.9 Å². The van der Waals surface area contributed by atoms with E-state index in [1.807, 2.05) is 0 Å². The van der Waals surface area contributed by atoms with Gasteiger partial charge >= 0.3 is 23.9 Å². The van der Waals surface area contributed by atoms with E-state index in [1.54, 1.807) is 0 Å². The van der Waals surface area contributed by atoms with E-state index in [0.29, 0.717) is 11.1 Å². The first-order valence-corrected chi connectivity index (χ1v) is 18.0. The van der Waals surface area contributed by atoms with Crippen LogP contribution in [0.5, 0.6) is 34.5 Å². The summed E-state index contributed by atoms with van der Waals surface area (Å²) in [6, 6.07) is 18.7. The Morgan fingerprint density at radius 1 is 0.650 bits per heavy atom. The van der Waals surface area contributed by atoms with Crippen LogP contribution in [0.1, 0.15) is 25.0 Å². The highest BCUT2D eigenvalue weighted by Gasteiger charge is 2.54. The molecule has 0 aliphatic carbocycles. The van der Waals surface area contributed by atoms with Gasteiger partial charge in [0.15, 0.2) is 18.0 Å². The molecule has 0 radical (unpaired) electrons. The number of carbonyl (C=O) groups excluding carboxylic acids is 4. The van der Waals surface area contributed by atoms with Crippen LogP contribution in [0, 0.1) is 0 Å². The fourth-order valence-electron chi connectivity index (χ4n) is 6.04. The van der Waals surface area contributed by atoms with Crippen molar-refractivity contribution < 1.29 is 77.5 Å². The van der Waals surface area contributed by atoms with Crippen molar-refractivity contribution in [1.82, 2.24) is 0 Å². The van der Waals surface area contributed by atoms with Crippen molar-refractivity contribution in [2.45, 2.75) is 44.6 Å². The standard InChI is InChI=1S/C43H36O17/c1-22(44)54-21-33-39(58-34(51)17-7-24-3-11-27(46)12-4-24)41(55-23(2)45)42(59-35(52)18-8-25-5-13-28(47)14-6-25)43(57-33)60-40-37(53)36-31(50)19-30(49)20-32(36)56-38(40)26-9-15-29(48)16-10-26/h3-20,33,39,41-43,46-50H,21H2,1-2H3. The number of esters is 4. The largest absolute Gasteiger partial charge is 0.508 e. The highest BCUT2D eigenvalue weighted by atomic mass is 16.7. The van der Waals surface area contributed by atoms with Crippen molar-refractivity contribution in [3.05, 3.63) is 118 Å². The average Bonchev–Trinajstić information content (AvgIpc) is 3.19. The van der Waals surface area contributed by atoms with Crippen molar-refractivity contribution in [2.75, 3.05) is 6.61 Å². The normalized spacial score (nSPS) is 18.9. The lowest BCUT2D eigenvalue weighted by atomic mass is 9.98. The third-order valence-corrected chi connectivity index (χ3v) is 8.74. The van der Waals surface area contributed by atoms with E-state index in [1.165, 1.54) is 84.9 Å². The van der Waals surface area contributed by atoms with Crippen LogP contribution in [0.3, 0.4) is 0 Å². The summed E-state index contributed by atoms with van der Waals surface area (Å²) >= 11 is 0. The molecule has 1 aliphatic rings. The molecule has 5 aromatic rings. The maximum absolute atomic E-state index is 14.3. The Kier molecular flexibility index (Phi) is 12.7. The van der Waals surface area contributed by atoms with Gasteiger partial charge in [0.25, 0.3) is 0 Å². The predicted molar refractivity (Wildman–Crippen MR) is 208 cm³/mol. The van der Waals surface area contributed by atoms with Crippen LogP contribution >= 0.6 is 0 Å². The second-order valence-electron chi connectivity index (χ2n) is 13.2. The molecule has 1 fully saturated rings. The molecule has 17 heteroatoms. The smallest absolute Gasteiger partial charge is 0.331 e. The lowest BCUT2D eigenvalue weighted by Gasteiger charge is -2.43. The molecule has 17 nitrogen and oxygen atoms in total. The van der Waals surface area contributed by atoms with Gasteiger partial charge in [-0.2, -0.15) is 0 Å². The molecule has 5 atom stereocenters. The third kappa shape index (κ3) is 10.2. The van der Waals surface area contributed by atoms with Crippen LogP contribution in [0.25, 0.3) is 34.4 Å². The number of hydrogen-bond acceptors (Lipinski definition) is 17. The number of phenols is 5. The molecule has 0 bridgehead atoms. The van der Waals surface area contributed by atoms with Gasteiger partial charge in [0.1, 0.15) is 52.4 Å². The molecule has 0 saturated carbocycles. The van der Waals surface area contributed by atoms with E-state index < -0.39 is 89.3 Å². The Balaban J connectivity index is 1.47. The first-order valence-electron chi connectivity index (χ1n) is 18.0. The number of benzene rings is 4. The van der Waals surface area contributed by atoms with Crippen LogP contribution in [0.15, 0.2) is 106 Å². The van der Waals surface area contributed by atoms with Crippen LogP contribution < -0.4 is 10.2 Å². The maximum Gasteiger partial charge on any atom is 0.331 e. The molecule has 1 saturated heterocycles. The first kappa shape index (κ1) is 41.8. The summed E-state index contributed by atoms with van der Waals surface area (Å²) in [6.45, 7) is 1.44. The van der Waals surface area contributed by atoms with E-state index in [2.05, 4.69) is 0 Å². The summed E-state index contributed by atoms with van der Waals surface area (Å²) in [5.41, 5.74) is -0.228. The molecule has 1 aromatic heterocycles. The molecule has 60 heavy (non-hydrogen) atoms. The third-order valence-electron chi connectivity index (χ3n) is 8.74. The average molecular weight is 825 g/mol. The lowest BCUT2D eigenvalue weighted by molar-refractivity contribution is -0.287. The van der Waals surface area contributed by atoms with Crippen LogP contribution in [0.2, 0.25) is 0 Å². The fourth-order valence-corrected chi connectivity index (χ4v) is 6.04. The summed E-state index contributed by atoms with van der Waals surface area (Å²) in [5.74, 6) is -6.23. The Hall–Kier alpha value is -7.79. The maximum atomic E-state index is 14.3. The van der Waals surface area contributed by atoms with Crippen LogP contribution in [0.4, 0.5) is 0 Å². The zero-order valence-electron chi connectivity index (χ0n) is 31.6. The zero-order chi connectivity index (χ0) is 43.1. The number of rotatable bonds is 12. The molecule has 0 amide bonds. The zero-order valence-corrected chi connectivity index (χ0v) is 31.6. The molecule has 2 heterocycles. The van der Waals surface area contributed by atoms with E-state index in [0.717, 1.165) is 38.1 Å². The Bertz CT molecular complexity index is 2500. The summed E-state index contributed by atoms with van der Waals surface area (Å²) in [6.07, 6.45) is -4.23. The molecule has 5 unspecified atom stereocenters. The SMILES string of the molecule is CC(=O)OCC1OC(Oc2c(-c3ccc(O)cc3)oc3cc(O)cc(O)c3c2=O)C(OC(=O)C=Cc2ccc(O)cc2)C(OC(C)=O)C1OC(=O)C=Cc1ccc(O)cc1. The highest BCUT2D eigenvalue weighted by Crippen LogP contribution is 2.38. The van der Waals surface area contributed by atoms with Gasteiger partial charge in [-0.15, -0.1) is 0 Å². The van der Waals surface area contributed by atoms with Crippen molar-refractivity contribution in [1.29, 1.82) is 0 Å². The topological polar surface area (TPSA) is 255 Å². The Morgan fingerprint density at radius 2 is 1.18 bits per heavy atom. The molecule has 0 spiro atoms. The van der Waals surface area contributed by atoms with E-state index in [-0.39, 0.29) is 34.2 Å². The van der Waals surface area contributed by atoms with Gasteiger partial charge in [-0.05, 0) is 71.8 Å². The highest BCUT2D eigenvalue weighted by molar-refractivity contribution is 5.89. The lowest BCUT2D eigenvalue weighted by Crippen LogP contribution is -2.63. The summed E-state index contributed by atoms with van der Waals surface area (Å²) in [4.78, 5) is 66.0. The summed E-state index contributed by atoms with van der Waals surface area (Å²) in [5, 5.41) is 49.8. The monoisotopic (exact) mass is 824 g/mol. The minimum atomic E-state index is -1.97. The van der Waals surface area contributed by atoms with Crippen molar-refractivity contribution in [3.63, 3.8) is 0 Å². The van der Waals surface area contributed by atoms with Crippen LogP contribution in [-0.4, -0.2) is 86.7 Å². The molecular formula is C43H36O17. The Morgan fingerprint density at radius 3 is 1.72 bits per heavy atom. The predicted octanol–water partition coefficient (Wildman–Crippen LogP) is 4.84. The minimum Gasteiger partial charge on any atom is -0.508 e. The van der Waals surface area contributed by atoms with E-state index in [9.17, 15) is 49.5 Å². The number of hydrogen-bond donors (Lipinski definition) is 5. The summed E-state index contributed by atoms with van der Waals surface area (Å²) < 4.78 is 40.8. The minimum absolute atomic E-state index is 0.0189. The molecule has 6 rings (SSSR count). The van der Waals surface area contributed by atoms with Gasteiger partial charge in [0, 0.05) is 43.7 Å². The number of aromatic hydroxyl groups is 5. The van der Waals surface area contributed by atoms with Gasteiger partial charge in [0.05, 0.1) is 0 Å². The van der Waals surface area contributed by atoms with E-state index >= 15 is 0 Å². The van der Waals surface area contributed by atoms with Crippen molar-refractivity contribution in [3.8, 4) is 45.8 Å². The van der Waals surface area contributed by atoms with Gasteiger partial charge in [-0.3, -0.25) is 14.4 Å².